The quantitative estimate of drug-likeness (QED) is 0.569. The molecule has 1 amide bonds. The van der Waals surface area contributed by atoms with Gasteiger partial charge in [0.25, 0.3) is 0 Å². The van der Waals surface area contributed by atoms with E-state index in [-0.39, 0.29) is 5.91 Å². The molecule has 0 bridgehead atoms. The highest BCUT2D eigenvalue weighted by Crippen LogP contribution is 2.38. The SMILES string of the molecule is CC1(C)C[C@](C)(O)NC(=O)[C@H]1C#N. The number of hydrogen-bond donors (Lipinski definition) is 2. The summed E-state index contributed by atoms with van der Waals surface area (Å²) in [6.07, 6.45) is 0.393. The molecule has 13 heavy (non-hydrogen) atoms. The maximum Gasteiger partial charge on any atom is 0.240 e. The number of carbonyl (C=O) groups is 1. The maximum atomic E-state index is 11.4. The molecule has 0 aliphatic carbocycles. The van der Waals surface area contributed by atoms with E-state index in [1.54, 1.807) is 6.92 Å². The van der Waals surface area contributed by atoms with Crippen LogP contribution in [0.1, 0.15) is 27.2 Å². The number of rotatable bonds is 0. The van der Waals surface area contributed by atoms with Crippen LogP contribution in [0.25, 0.3) is 0 Å². The smallest absolute Gasteiger partial charge is 0.240 e. The van der Waals surface area contributed by atoms with Crippen molar-refractivity contribution in [3.8, 4) is 6.07 Å². The lowest BCUT2D eigenvalue weighted by molar-refractivity contribution is -0.145. The molecule has 0 radical (unpaired) electrons. The van der Waals surface area contributed by atoms with Crippen molar-refractivity contribution in [3.05, 3.63) is 0 Å². The molecule has 0 unspecified atom stereocenters. The van der Waals surface area contributed by atoms with E-state index >= 15 is 0 Å². The summed E-state index contributed by atoms with van der Waals surface area (Å²) in [6, 6.07) is 1.96. The van der Waals surface area contributed by atoms with Crippen molar-refractivity contribution in [1.29, 1.82) is 5.26 Å². The van der Waals surface area contributed by atoms with Crippen molar-refractivity contribution < 1.29 is 9.90 Å². The predicted molar refractivity (Wildman–Crippen MR) is 46.3 cm³/mol. The van der Waals surface area contributed by atoms with Gasteiger partial charge in [-0.05, 0) is 12.3 Å². The summed E-state index contributed by atoms with van der Waals surface area (Å²) in [5.41, 5.74) is -1.66. The van der Waals surface area contributed by atoms with E-state index in [4.69, 9.17) is 5.26 Å². The number of nitrogens with zero attached hydrogens (tertiary/aromatic N) is 1. The molecule has 1 saturated heterocycles. The number of carbonyl (C=O) groups excluding carboxylic acids is 1. The third-order valence-electron chi connectivity index (χ3n) is 2.37. The Hall–Kier alpha value is -1.08. The molecule has 2 N–H and O–H groups in total. The summed E-state index contributed by atoms with van der Waals surface area (Å²) >= 11 is 0. The molecular formula is C9H14N2O2. The first kappa shape index (κ1) is 10.0. The van der Waals surface area contributed by atoms with Crippen LogP contribution in [0.2, 0.25) is 0 Å². The Balaban J connectivity index is 2.97. The van der Waals surface area contributed by atoms with Gasteiger partial charge in [0.15, 0.2) is 0 Å². The molecular weight excluding hydrogens is 168 g/mol. The van der Waals surface area contributed by atoms with Gasteiger partial charge >= 0.3 is 0 Å². The van der Waals surface area contributed by atoms with Crippen molar-refractivity contribution in [2.24, 2.45) is 11.3 Å². The van der Waals surface area contributed by atoms with Gasteiger partial charge in [-0.25, -0.2) is 0 Å². The van der Waals surface area contributed by atoms with Crippen LogP contribution in [0.5, 0.6) is 0 Å². The van der Waals surface area contributed by atoms with E-state index in [1.165, 1.54) is 0 Å². The second-order valence-electron chi connectivity index (χ2n) is 4.49. The zero-order valence-electron chi connectivity index (χ0n) is 8.09. The van der Waals surface area contributed by atoms with Gasteiger partial charge in [0.1, 0.15) is 11.6 Å². The molecule has 0 spiro atoms. The summed E-state index contributed by atoms with van der Waals surface area (Å²) < 4.78 is 0. The van der Waals surface area contributed by atoms with Gasteiger partial charge < -0.3 is 10.4 Å². The summed E-state index contributed by atoms with van der Waals surface area (Å²) in [6.45, 7) is 5.17. The second kappa shape index (κ2) is 2.71. The molecule has 2 atom stereocenters. The first-order valence-corrected chi connectivity index (χ1v) is 4.22. The van der Waals surface area contributed by atoms with E-state index in [2.05, 4.69) is 5.32 Å². The van der Waals surface area contributed by atoms with Crippen molar-refractivity contribution in [2.75, 3.05) is 0 Å². The Morgan fingerprint density at radius 2 is 2.15 bits per heavy atom. The molecule has 4 nitrogen and oxygen atoms in total. The third-order valence-corrected chi connectivity index (χ3v) is 2.37. The molecule has 72 valence electrons. The Bertz CT molecular complexity index is 276. The monoisotopic (exact) mass is 182 g/mol. The highest BCUT2D eigenvalue weighted by molar-refractivity contribution is 5.83. The minimum atomic E-state index is -1.19. The summed E-state index contributed by atoms with van der Waals surface area (Å²) in [7, 11) is 0. The molecule has 0 saturated carbocycles. The van der Waals surface area contributed by atoms with Crippen molar-refractivity contribution >= 4 is 5.91 Å². The normalized spacial score (nSPS) is 37.8. The van der Waals surface area contributed by atoms with E-state index in [0.717, 1.165) is 0 Å². The molecule has 0 aromatic rings. The molecule has 1 fully saturated rings. The van der Waals surface area contributed by atoms with Gasteiger partial charge in [0.2, 0.25) is 5.91 Å². The Kier molecular flexibility index (Phi) is 2.08. The lowest BCUT2D eigenvalue weighted by Crippen LogP contribution is -2.58. The molecule has 1 aliphatic heterocycles. The first-order chi connectivity index (χ1) is 5.78. The van der Waals surface area contributed by atoms with Crippen LogP contribution in [0.3, 0.4) is 0 Å². The van der Waals surface area contributed by atoms with Gasteiger partial charge in [-0.15, -0.1) is 0 Å². The Morgan fingerprint density at radius 1 is 1.62 bits per heavy atom. The standard InChI is InChI=1S/C9H14N2O2/c1-8(2)5-9(3,13)11-7(12)6(8)4-10/h6,13H,5H2,1-3H3,(H,11,12)/t6-,9+/m1/s1. The van der Waals surface area contributed by atoms with Gasteiger partial charge in [0, 0.05) is 6.42 Å². The number of amides is 1. The fraction of sp³-hybridized carbons (Fsp3) is 0.778. The highest BCUT2D eigenvalue weighted by Gasteiger charge is 2.46. The van der Waals surface area contributed by atoms with Crippen LogP contribution in [-0.4, -0.2) is 16.7 Å². The van der Waals surface area contributed by atoms with Crippen LogP contribution in [0.4, 0.5) is 0 Å². The highest BCUT2D eigenvalue weighted by atomic mass is 16.3. The van der Waals surface area contributed by atoms with Crippen LogP contribution < -0.4 is 5.32 Å². The topological polar surface area (TPSA) is 73.1 Å². The van der Waals surface area contributed by atoms with Gasteiger partial charge in [0.05, 0.1) is 6.07 Å². The first-order valence-electron chi connectivity index (χ1n) is 4.22. The summed E-state index contributed by atoms with van der Waals surface area (Å²) in [5, 5.41) is 20.8. The summed E-state index contributed by atoms with van der Waals surface area (Å²) in [4.78, 5) is 11.4. The van der Waals surface area contributed by atoms with Crippen molar-refractivity contribution in [1.82, 2.24) is 5.32 Å². The van der Waals surface area contributed by atoms with E-state index < -0.39 is 17.1 Å². The molecule has 1 aliphatic rings. The van der Waals surface area contributed by atoms with Gasteiger partial charge in [-0.3, -0.25) is 4.79 Å². The van der Waals surface area contributed by atoms with Crippen molar-refractivity contribution in [3.63, 3.8) is 0 Å². The average Bonchev–Trinajstić information content (AvgIpc) is 1.79. The molecule has 0 aromatic carbocycles. The third kappa shape index (κ3) is 1.81. The van der Waals surface area contributed by atoms with Crippen LogP contribution >= 0.6 is 0 Å². The molecule has 1 rings (SSSR count). The maximum absolute atomic E-state index is 11.4. The minimum Gasteiger partial charge on any atom is -0.371 e. The average molecular weight is 182 g/mol. The Morgan fingerprint density at radius 3 is 2.54 bits per heavy atom. The van der Waals surface area contributed by atoms with Crippen molar-refractivity contribution in [2.45, 2.75) is 32.9 Å². The number of hydrogen-bond acceptors (Lipinski definition) is 3. The Labute approximate surface area is 77.6 Å². The number of piperidine rings is 1. The molecule has 1 heterocycles. The summed E-state index contributed by atoms with van der Waals surface area (Å²) in [5.74, 6) is -1.06. The van der Waals surface area contributed by atoms with Crippen LogP contribution in [0, 0.1) is 22.7 Å². The predicted octanol–water partition coefficient (Wildman–Crippen LogP) is 0.381. The van der Waals surface area contributed by atoms with E-state index in [1.807, 2.05) is 19.9 Å². The van der Waals surface area contributed by atoms with Crippen LogP contribution in [-0.2, 0) is 4.79 Å². The second-order valence-corrected chi connectivity index (χ2v) is 4.49. The fourth-order valence-electron chi connectivity index (χ4n) is 1.96. The van der Waals surface area contributed by atoms with Crippen LogP contribution in [0.15, 0.2) is 0 Å². The number of nitriles is 1. The molecule has 4 heteroatoms. The molecule has 0 aromatic heterocycles. The zero-order valence-corrected chi connectivity index (χ0v) is 8.09. The number of nitrogens with one attached hydrogen (secondary N) is 1. The largest absolute Gasteiger partial charge is 0.371 e. The zero-order chi connectivity index (χ0) is 10.3. The van der Waals surface area contributed by atoms with Gasteiger partial charge in [-0.2, -0.15) is 5.26 Å². The minimum absolute atomic E-state index is 0.385. The number of aliphatic hydroxyl groups is 1. The lowest BCUT2D eigenvalue weighted by Gasteiger charge is -2.42. The fourth-order valence-corrected chi connectivity index (χ4v) is 1.96. The van der Waals surface area contributed by atoms with E-state index in [0.29, 0.717) is 6.42 Å². The van der Waals surface area contributed by atoms with Gasteiger partial charge in [-0.1, -0.05) is 13.8 Å². The van der Waals surface area contributed by atoms with E-state index in [9.17, 15) is 9.90 Å². The lowest BCUT2D eigenvalue weighted by atomic mass is 9.71.